The van der Waals surface area contributed by atoms with Crippen molar-refractivity contribution in [2.45, 2.75) is 59.7 Å². The zero-order chi connectivity index (χ0) is 18.1. The van der Waals surface area contributed by atoms with Gasteiger partial charge in [-0.1, -0.05) is 32.1 Å². The number of ether oxygens (including phenoxy) is 2. The molecule has 0 bridgehead atoms. The largest absolute Gasteiger partial charge is 0.468 e. The minimum absolute atomic E-state index is 0.0490. The van der Waals surface area contributed by atoms with Crippen molar-refractivity contribution < 1.29 is 19.1 Å². The van der Waals surface area contributed by atoms with Crippen LogP contribution in [-0.4, -0.2) is 31.1 Å². The first kappa shape index (κ1) is 17.4. The number of carbonyl (C=O) groups excluding carboxylic acids is 2. The Morgan fingerprint density at radius 1 is 1.38 bits per heavy atom. The summed E-state index contributed by atoms with van der Waals surface area (Å²) in [5.41, 5.74) is 0.496. The molecule has 4 heteroatoms. The highest BCUT2D eigenvalue weighted by Gasteiger charge is 2.76. The van der Waals surface area contributed by atoms with Crippen LogP contribution in [0.4, 0.5) is 0 Å². The maximum Gasteiger partial charge on any atom is 0.319 e. The fraction of sp³-hybridized carbons (Fsp3) is 0.700. The Labute approximate surface area is 144 Å². The molecule has 1 saturated heterocycles. The summed E-state index contributed by atoms with van der Waals surface area (Å²) >= 11 is 0. The van der Waals surface area contributed by atoms with E-state index in [-0.39, 0.29) is 41.2 Å². The van der Waals surface area contributed by atoms with Crippen LogP contribution in [-0.2, 0) is 19.1 Å². The maximum atomic E-state index is 12.9. The molecule has 0 radical (unpaired) electrons. The van der Waals surface area contributed by atoms with Crippen molar-refractivity contribution in [2.75, 3.05) is 7.11 Å². The molecule has 3 aliphatic rings. The van der Waals surface area contributed by atoms with Crippen LogP contribution in [0.2, 0.25) is 0 Å². The first-order valence-corrected chi connectivity index (χ1v) is 8.66. The molecule has 3 fully saturated rings. The molecule has 0 amide bonds. The zero-order valence-corrected chi connectivity index (χ0v) is 15.6. The SMILES string of the molecule is C=C1C[C@@]2(C)[C@H](/C(C)=C/C)OC3CC(=O)[C@@](C)(C(=O)OC)[C@@H]1[C@]32C. The van der Waals surface area contributed by atoms with Crippen LogP contribution in [0.15, 0.2) is 23.8 Å². The number of esters is 1. The Balaban J connectivity index is 2.21. The summed E-state index contributed by atoms with van der Waals surface area (Å²) in [6, 6.07) is 0. The summed E-state index contributed by atoms with van der Waals surface area (Å²) in [6.07, 6.45) is 2.87. The second-order valence-electron chi connectivity index (χ2n) is 8.33. The number of rotatable bonds is 2. The lowest BCUT2D eigenvalue weighted by Crippen LogP contribution is -2.59. The van der Waals surface area contributed by atoms with E-state index < -0.39 is 11.4 Å². The van der Waals surface area contributed by atoms with Crippen molar-refractivity contribution in [1.29, 1.82) is 0 Å². The molecule has 1 unspecified atom stereocenters. The van der Waals surface area contributed by atoms with E-state index in [2.05, 4.69) is 33.4 Å². The Morgan fingerprint density at radius 2 is 2.00 bits per heavy atom. The molecule has 0 N–H and O–H groups in total. The highest BCUT2D eigenvalue weighted by atomic mass is 16.5. The van der Waals surface area contributed by atoms with Crippen LogP contribution in [0.25, 0.3) is 0 Å². The normalized spacial score (nSPS) is 47.8. The highest BCUT2D eigenvalue weighted by molar-refractivity contribution is 6.05. The van der Waals surface area contributed by atoms with Gasteiger partial charge >= 0.3 is 5.97 Å². The van der Waals surface area contributed by atoms with Crippen molar-refractivity contribution >= 4 is 11.8 Å². The second kappa shape index (κ2) is 5.04. The van der Waals surface area contributed by atoms with E-state index in [1.807, 2.05) is 6.92 Å². The first-order chi connectivity index (χ1) is 11.1. The third-order valence-corrected chi connectivity index (χ3v) is 7.39. The predicted octanol–water partition coefficient (Wildman–Crippen LogP) is 3.46. The van der Waals surface area contributed by atoms with Crippen molar-refractivity contribution in [1.82, 2.24) is 0 Å². The lowest BCUT2D eigenvalue weighted by Gasteiger charge is -2.50. The molecule has 0 aromatic rings. The molecule has 2 aliphatic carbocycles. The van der Waals surface area contributed by atoms with Gasteiger partial charge in [-0.25, -0.2) is 0 Å². The molecule has 1 aliphatic heterocycles. The number of allylic oxidation sites excluding steroid dienone is 2. The smallest absolute Gasteiger partial charge is 0.319 e. The quantitative estimate of drug-likeness (QED) is 0.441. The fourth-order valence-corrected chi connectivity index (χ4v) is 5.92. The van der Waals surface area contributed by atoms with E-state index in [1.165, 1.54) is 12.7 Å². The molecular weight excluding hydrogens is 304 g/mol. The topological polar surface area (TPSA) is 52.6 Å². The molecular formula is C20H28O4. The van der Waals surface area contributed by atoms with Crippen molar-refractivity contribution in [2.24, 2.45) is 22.2 Å². The highest BCUT2D eigenvalue weighted by Crippen LogP contribution is 2.73. The van der Waals surface area contributed by atoms with Gasteiger partial charge in [-0.15, -0.1) is 0 Å². The lowest BCUT2D eigenvalue weighted by atomic mass is 9.50. The monoisotopic (exact) mass is 332 g/mol. The van der Waals surface area contributed by atoms with Gasteiger partial charge in [0.05, 0.1) is 19.3 Å². The lowest BCUT2D eigenvalue weighted by molar-refractivity contribution is -0.171. The molecule has 2 saturated carbocycles. The average molecular weight is 332 g/mol. The molecule has 6 atom stereocenters. The van der Waals surface area contributed by atoms with E-state index >= 15 is 0 Å². The van der Waals surface area contributed by atoms with E-state index in [0.717, 1.165) is 12.0 Å². The summed E-state index contributed by atoms with van der Waals surface area (Å²) in [7, 11) is 1.35. The van der Waals surface area contributed by atoms with Gasteiger partial charge in [0, 0.05) is 23.2 Å². The molecule has 0 aromatic heterocycles. The van der Waals surface area contributed by atoms with E-state index in [0.29, 0.717) is 0 Å². The number of Topliss-reactive ketones (excluding diaryl/α,β-unsaturated/α-hetero) is 1. The molecule has 24 heavy (non-hydrogen) atoms. The van der Waals surface area contributed by atoms with Gasteiger partial charge in [0.25, 0.3) is 0 Å². The van der Waals surface area contributed by atoms with Crippen molar-refractivity contribution in [3.05, 3.63) is 23.8 Å². The summed E-state index contributed by atoms with van der Waals surface area (Å²) in [6.45, 7) is 14.5. The van der Waals surface area contributed by atoms with Gasteiger partial charge in [0.15, 0.2) is 5.78 Å². The number of carbonyl (C=O) groups is 2. The second-order valence-corrected chi connectivity index (χ2v) is 8.33. The standard InChI is InChI=1S/C20H28O4/c1-8-11(2)16-18(4)10-12(3)15-19(5,17(22)23-7)13(21)9-14(24-16)20(15,18)6/h8,14-16H,3,9-10H2,1-2,4-7H3/b11-8+/t14?,15-,16+,18+,19-,20+/m1/s1. The number of hydrogen-bond donors (Lipinski definition) is 0. The zero-order valence-electron chi connectivity index (χ0n) is 15.6. The van der Waals surface area contributed by atoms with Crippen LogP contribution < -0.4 is 0 Å². The minimum Gasteiger partial charge on any atom is -0.468 e. The number of methoxy groups -OCH3 is 1. The summed E-state index contributed by atoms with van der Waals surface area (Å²) in [5, 5.41) is 0. The van der Waals surface area contributed by atoms with Crippen LogP contribution in [0.5, 0.6) is 0 Å². The van der Waals surface area contributed by atoms with E-state index in [1.54, 1.807) is 6.92 Å². The molecule has 4 nitrogen and oxygen atoms in total. The Kier molecular flexibility index (Phi) is 3.66. The third-order valence-electron chi connectivity index (χ3n) is 7.39. The Morgan fingerprint density at radius 3 is 2.54 bits per heavy atom. The first-order valence-electron chi connectivity index (χ1n) is 8.66. The summed E-state index contributed by atoms with van der Waals surface area (Å²) in [4.78, 5) is 25.6. The van der Waals surface area contributed by atoms with Crippen LogP contribution in [0, 0.1) is 22.2 Å². The van der Waals surface area contributed by atoms with Crippen LogP contribution in [0.3, 0.4) is 0 Å². The average Bonchev–Trinajstić information content (AvgIpc) is 2.88. The van der Waals surface area contributed by atoms with Crippen molar-refractivity contribution in [3.63, 3.8) is 0 Å². The van der Waals surface area contributed by atoms with Gasteiger partial charge in [0.2, 0.25) is 0 Å². The minimum atomic E-state index is -1.17. The van der Waals surface area contributed by atoms with Gasteiger partial charge in [-0.05, 0) is 32.8 Å². The van der Waals surface area contributed by atoms with Crippen molar-refractivity contribution in [3.8, 4) is 0 Å². The van der Waals surface area contributed by atoms with Gasteiger partial charge in [-0.2, -0.15) is 0 Å². The maximum absolute atomic E-state index is 12.9. The van der Waals surface area contributed by atoms with Gasteiger partial charge < -0.3 is 9.47 Å². The summed E-state index contributed by atoms with van der Waals surface area (Å²) in [5.74, 6) is -0.789. The molecule has 0 aromatic carbocycles. The Hall–Kier alpha value is -1.42. The number of ketones is 1. The van der Waals surface area contributed by atoms with Crippen LogP contribution >= 0.6 is 0 Å². The predicted molar refractivity (Wildman–Crippen MR) is 91.3 cm³/mol. The Bertz CT molecular complexity index is 663. The van der Waals surface area contributed by atoms with Crippen LogP contribution in [0.1, 0.15) is 47.5 Å². The molecule has 1 heterocycles. The molecule has 3 rings (SSSR count). The van der Waals surface area contributed by atoms with E-state index in [4.69, 9.17) is 9.47 Å². The van der Waals surface area contributed by atoms with Gasteiger partial charge in [0.1, 0.15) is 5.41 Å². The van der Waals surface area contributed by atoms with Gasteiger partial charge in [-0.3, -0.25) is 9.59 Å². The molecule has 132 valence electrons. The fourth-order valence-electron chi connectivity index (χ4n) is 5.92. The third kappa shape index (κ3) is 1.68. The van der Waals surface area contributed by atoms with E-state index in [9.17, 15) is 9.59 Å². The number of hydrogen-bond acceptors (Lipinski definition) is 4. The summed E-state index contributed by atoms with van der Waals surface area (Å²) < 4.78 is 11.4. The molecule has 0 spiro atoms.